The van der Waals surface area contributed by atoms with Gasteiger partial charge in [0.25, 0.3) is 5.67 Å². The summed E-state index contributed by atoms with van der Waals surface area (Å²) in [7, 11) is 5.22. The average molecular weight is 478 g/mol. The van der Waals surface area contributed by atoms with Crippen molar-refractivity contribution >= 4 is 11.8 Å². The number of quaternary nitrogens is 1. The Morgan fingerprint density at radius 3 is 1.61 bits per heavy atom. The van der Waals surface area contributed by atoms with Gasteiger partial charge >= 0.3 is 18.5 Å². The van der Waals surface area contributed by atoms with Gasteiger partial charge in [-0.1, -0.05) is 0 Å². The first kappa shape index (κ1) is 30.1. The smallest absolute Gasteiger partial charge is 0.431 e. The Labute approximate surface area is 166 Å². The van der Waals surface area contributed by atoms with Gasteiger partial charge in [-0.2, -0.15) is 51.3 Å². The van der Waals surface area contributed by atoms with Gasteiger partial charge in [0, 0.05) is 12.2 Å². The van der Waals surface area contributed by atoms with Crippen molar-refractivity contribution in [1.29, 1.82) is 0 Å². The zero-order valence-corrected chi connectivity index (χ0v) is 16.7. The van der Waals surface area contributed by atoms with Gasteiger partial charge in [0.1, 0.15) is 12.6 Å². The predicted molar refractivity (Wildman–Crippen MR) is 81.0 cm³/mol. The van der Waals surface area contributed by atoms with Gasteiger partial charge in [-0.3, -0.25) is 0 Å². The Balaban J connectivity index is 0. The largest absolute Gasteiger partial charge is 1.00 e. The lowest BCUT2D eigenvalue weighted by molar-refractivity contribution is -0.873. The molecule has 0 rings (SSSR count). The summed E-state index contributed by atoms with van der Waals surface area (Å²) in [5.41, 5.74) is -5.95. The molecule has 0 heterocycles. The van der Waals surface area contributed by atoms with E-state index in [1.54, 1.807) is 21.1 Å². The maximum atomic E-state index is 13.6. The van der Waals surface area contributed by atoms with Gasteiger partial charge in [-0.25, -0.2) is 4.39 Å². The maximum Gasteiger partial charge on any atom is 0.431 e. The second kappa shape index (κ2) is 10.3. The van der Waals surface area contributed by atoms with Crippen LogP contribution in [0.3, 0.4) is 0 Å². The summed E-state index contributed by atoms with van der Waals surface area (Å²) in [6.45, 7) is 0.242. The Morgan fingerprint density at radius 2 is 1.29 bits per heavy atom. The normalized spacial score (nSPS) is 16.5. The number of hydrogen-bond donors (Lipinski definition) is 1. The lowest BCUT2D eigenvalue weighted by atomic mass is 9.88. The van der Waals surface area contributed by atoms with Crippen molar-refractivity contribution < 1.29 is 65.9 Å². The molecule has 0 saturated heterocycles. The van der Waals surface area contributed by atoms with E-state index in [2.05, 4.69) is 0 Å². The van der Waals surface area contributed by atoms with E-state index >= 15 is 0 Å². The highest BCUT2D eigenvalue weighted by molar-refractivity contribution is 7.99. The van der Waals surface area contributed by atoms with Crippen LogP contribution >= 0.6 is 11.8 Å². The van der Waals surface area contributed by atoms with Crippen molar-refractivity contribution in [2.24, 2.45) is 5.92 Å². The van der Waals surface area contributed by atoms with Crippen molar-refractivity contribution in [3.8, 4) is 0 Å². The molecule has 0 aromatic carbocycles. The van der Waals surface area contributed by atoms with Gasteiger partial charge in [0.2, 0.25) is 0 Å². The zero-order chi connectivity index (χ0) is 21.9. The van der Waals surface area contributed by atoms with Gasteiger partial charge in [0.05, 0.1) is 27.1 Å². The number of aliphatic hydroxyl groups excluding tert-OH is 1. The second-order valence-corrected chi connectivity index (χ2v) is 8.38. The summed E-state index contributed by atoms with van der Waals surface area (Å²) in [6.07, 6.45) is -23.3. The van der Waals surface area contributed by atoms with Crippen molar-refractivity contribution in [1.82, 2.24) is 0 Å². The third kappa shape index (κ3) is 9.57. The summed E-state index contributed by atoms with van der Waals surface area (Å²) in [5.74, 6) is -3.67. The molecule has 0 saturated carbocycles. The van der Waals surface area contributed by atoms with E-state index in [9.17, 15) is 49.0 Å². The molecule has 0 spiro atoms. The topological polar surface area (TPSA) is 20.2 Å². The standard InChI is InChI=1S/C14H22F10NOS.ClH/c1-25(2,3)7-10(26)8-27-5-4-9(12(16,17)18)6-11(15,13(19,20)21)14(22,23)24;/h9-10,26H,4-8H2,1-3H3;1H/q+1;/p-1. The van der Waals surface area contributed by atoms with Crippen molar-refractivity contribution in [2.75, 3.05) is 39.2 Å². The number of halogens is 11. The third-order valence-electron chi connectivity index (χ3n) is 3.57. The number of rotatable bonds is 9. The summed E-state index contributed by atoms with van der Waals surface area (Å²) in [5, 5.41) is 9.69. The van der Waals surface area contributed by atoms with Crippen molar-refractivity contribution in [3.05, 3.63) is 0 Å². The fourth-order valence-corrected chi connectivity index (χ4v) is 3.24. The first-order valence-electron chi connectivity index (χ1n) is 7.66. The number of nitrogens with zero attached hydrogens (tertiary/aromatic N) is 1. The van der Waals surface area contributed by atoms with E-state index in [1.807, 2.05) is 0 Å². The minimum atomic E-state index is -6.53. The Morgan fingerprint density at radius 1 is 0.857 bits per heavy atom. The molecule has 0 aromatic rings. The van der Waals surface area contributed by atoms with E-state index in [0.29, 0.717) is 4.48 Å². The van der Waals surface area contributed by atoms with Crippen LogP contribution in [0, 0.1) is 5.92 Å². The van der Waals surface area contributed by atoms with Gasteiger partial charge in [0.15, 0.2) is 0 Å². The molecule has 0 amide bonds. The summed E-state index contributed by atoms with van der Waals surface area (Å²) in [4.78, 5) is 0. The number of hydrogen-bond acceptors (Lipinski definition) is 2. The van der Waals surface area contributed by atoms with Crippen molar-refractivity contribution in [2.45, 2.75) is 43.1 Å². The first-order valence-corrected chi connectivity index (χ1v) is 8.81. The van der Waals surface area contributed by atoms with Gasteiger partial charge in [-0.15, -0.1) is 0 Å². The van der Waals surface area contributed by atoms with Gasteiger partial charge in [-0.05, 0) is 12.2 Å². The quantitative estimate of drug-likeness (QED) is 0.309. The highest BCUT2D eigenvalue weighted by atomic mass is 35.5. The number of thioether (sulfide) groups is 1. The molecule has 2 unspecified atom stereocenters. The monoisotopic (exact) mass is 477 g/mol. The van der Waals surface area contributed by atoms with Crippen LogP contribution in [0.25, 0.3) is 0 Å². The average Bonchev–Trinajstić information content (AvgIpc) is 2.35. The second-order valence-electron chi connectivity index (χ2n) is 7.23. The SMILES string of the molecule is C[N+](C)(C)CC(O)CSCCC(CC(F)(C(F)(F)F)C(F)(F)F)C(F)(F)F.[Cl-]. The molecule has 0 radical (unpaired) electrons. The number of likely N-dealkylation sites (N-methyl/N-ethyl adjacent to an activating group) is 1. The molecule has 0 fully saturated rings. The Bertz CT molecular complexity index is 447. The molecular formula is C14H22ClF10NOS. The van der Waals surface area contributed by atoms with Crippen LogP contribution in [-0.2, 0) is 0 Å². The minimum Gasteiger partial charge on any atom is -1.00 e. The Hall–Kier alpha value is -0.140. The summed E-state index contributed by atoms with van der Waals surface area (Å²) in [6, 6.07) is 0. The van der Waals surface area contributed by atoms with Crippen LogP contribution in [0.5, 0.6) is 0 Å². The highest BCUT2D eigenvalue weighted by Gasteiger charge is 2.73. The molecule has 1 N–H and O–H groups in total. The highest BCUT2D eigenvalue weighted by Crippen LogP contribution is 2.52. The zero-order valence-electron chi connectivity index (χ0n) is 15.2. The fraction of sp³-hybridized carbons (Fsp3) is 1.00. The van der Waals surface area contributed by atoms with Crippen LogP contribution < -0.4 is 12.4 Å². The van der Waals surface area contributed by atoms with Crippen molar-refractivity contribution in [3.63, 3.8) is 0 Å². The first-order chi connectivity index (χ1) is 11.7. The van der Waals surface area contributed by atoms with Gasteiger partial charge < -0.3 is 22.0 Å². The number of aliphatic hydroxyl groups is 1. The predicted octanol–water partition coefficient (Wildman–Crippen LogP) is 1.58. The summed E-state index contributed by atoms with van der Waals surface area (Å²) < 4.78 is 128. The van der Waals surface area contributed by atoms with Crippen LogP contribution in [0.15, 0.2) is 0 Å². The van der Waals surface area contributed by atoms with E-state index in [-0.39, 0.29) is 24.7 Å². The third-order valence-corrected chi connectivity index (χ3v) is 4.71. The lowest BCUT2D eigenvalue weighted by Gasteiger charge is -2.33. The molecule has 0 aliphatic rings. The maximum absolute atomic E-state index is 13.6. The molecule has 2 atom stereocenters. The minimum absolute atomic E-state index is 0. The fourth-order valence-electron chi connectivity index (χ4n) is 2.24. The molecule has 0 bridgehead atoms. The number of alkyl halides is 10. The van der Waals surface area contributed by atoms with Crippen LogP contribution in [-0.4, -0.2) is 79.1 Å². The molecular weight excluding hydrogens is 456 g/mol. The Kier molecular flexibility index (Phi) is 11.0. The molecule has 2 nitrogen and oxygen atoms in total. The van der Waals surface area contributed by atoms with Crippen LogP contribution in [0.2, 0.25) is 0 Å². The van der Waals surface area contributed by atoms with E-state index in [0.717, 1.165) is 11.8 Å². The van der Waals surface area contributed by atoms with Crippen LogP contribution in [0.4, 0.5) is 43.9 Å². The molecule has 14 heteroatoms. The van der Waals surface area contributed by atoms with Crippen LogP contribution in [0.1, 0.15) is 12.8 Å². The molecule has 28 heavy (non-hydrogen) atoms. The van der Waals surface area contributed by atoms with E-state index < -0.39 is 54.8 Å². The molecule has 172 valence electrons. The molecule has 0 aliphatic carbocycles. The van der Waals surface area contributed by atoms with E-state index in [1.165, 1.54) is 0 Å². The lowest BCUT2D eigenvalue weighted by Crippen LogP contribution is -3.00. The molecule has 0 aliphatic heterocycles. The summed E-state index contributed by atoms with van der Waals surface area (Å²) >= 11 is 0.743. The van der Waals surface area contributed by atoms with E-state index in [4.69, 9.17) is 0 Å². The molecule has 0 aromatic heterocycles.